The lowest BCUT2D eigenvalue weighted by Gasteiger charge is -2.21. The molecule has 2 aromatic rings. The molecule has 23 heavy (non-hydrogen) atoms. The third-order valence-electron chi connectivity index (χ3n) is 3.23. The predicted molar refractivity (Wildman–Crippen MR) is 97.2 cm³/mol. The van der Waals surface area contributed by atoms with Gasteiger partial charge in [0, 0.05) is 11.2 Å². The molecule has 0 saturated carbocycles. The van der Waals surface area contributed by atoms with E-state index in [9.17, 15) is 4.39 Å². The van der Waals surface area contributed by atoms with E-state index in [0.29, 0.717) is 0 Å². The van der Waals surface area contributed by atoms with Gasteiger partial charge in [0.25, 0.3) is 0 Å². The summed E-state index contributed by atoms with van der Waals surface area (Å²) in [5.74, 6) is 1.45. The van der Waals surface area contributed by atoms with Crippen LogP contribution in [0.15, 0.2) is 53.5 Å². The first kappa shape index (κ1) is 17.5. The fraction of sp³-hybridized carbons (Fsp3) is 0.316. The molecule has 0 unspecified atom stereocenters. The molecule has 0 aliphatic rings. The fourth-order valence-corrected chi connectivity index (χ4v) is 3.02. The molecular weight excluding hydrogens is 309 g/mol. The summed E-state index contributed by atoms with van der Waals surface area (Å²) in [6, 6.07) is 14.3. The molecule has 0 aliphatic carbocycles. The summed E-state index contributed by atoms with van der Waals surface area (Å²) in [5.41, 5.74) is 1.93. The van der Waals surface area contributed by atoms with Gasteiger partial charge in [-0.05, 0) is 42.0 Å². The molecule has 122 valence electrons. The maximum Gasteiger partial charge on any atom is 0.123 e. The molecule has 4 heteroatoms. The van der Waals surface area contributed by atoms with Crippen molar-refractivity contribution in [3.8, 4) is 5.75 Å². The van der Waals surface area contributed by atoms with E-state index in [1.165, 1.54) is 17.7 Å². The van der Waals surface area contributed by atoms with Crippen LogP contribution in [0.3, 0.4) is 0 Å². The van der Waals surface area contributed by atoms with Crippen LogP contribution in [0.25, 0.3) is 0 Å². The number of rotatable bonds is 4. The molecule has 2 aromatic carbocycles. The minimum Gasteiger partial charge on any atom is -0.497 e. The molecule has 2 nitrogen and oxygen atoms in total. The molecule has 0 N–H and O–H groups in total. The molecule has 0 fully saturated rings. The first-order chi connectivity index (χ1) is 10.9. The Hall–Kier alpha value is -1.81. The summed E-state index contributed by atoms with van der Waals surface area (Å²) in [7, 11) is 1.66. The number of thioether (sulfide) groups is 1. The van der Waals surface area contributed by atoms with E-state index in [-0.39, 0.29) is 11.2 Å². The highest BCUT2D eigenvalue weighted by Gasteiger charge is 2.20. The highest BCUT2D eigenvalue weighted by molar-refractivity contribution is 8.13. The molecule has 2 rings (SSSR count). The van der Waals surface area contributed by atoms with Crippen molar-refractivity contribution in [2.45, 2.75) is 26.5 Å². The van der Waals surface area contributed by atoms with Crippen LogP contribution in [-0.2, 0) is 5.75 Å². The van der Waals surface area contributed by atoms with Crippen LogP contribution in [0.5, 0.6) is 5.75 Å². The Labute approximate surface area is 141 Å². The molecule has 0 aromatic heterocycles. The van der Waals surface area contributed by atoms with Crippen molar-refractivity contribution < 1.29 is 9.13 Å². The second kappa shape index (κ2) is 7.64. The van der Waals surface area contributed by atoms with E-state index in [0.717, 1.165) is 22.2 Å². The van der Waals surface area contributed by atoms with Gasteiger partial charge in [-0.2, -0.15) is 0 Å². The fourth-order valence-electron chi connectivity index (χ4n) is 1.92. The van der Waals surface area contributed by atoms with Gasteiger partial charge in [-0.3, -0.25) is 0 Å². The average molecular weight is 331 g/mol. The van der Waals surface area contributed by atoms with Crippen LogP contribution in [0.1, 0.15) is 26.3 Å². The van der Waals surface area contributed by atoms with E-state index in [2.05, 4.69) is 32.9 Å². The number of ether oxygens (including phenoxy) is 1. The maximum absolute atomic E-state index is 13.0. The zero-order chi connectivity index (χ0) is 16.9. The Balaban J connectivity index is 2.14. The van der Waals surface area contributed by atoms with E-state index in [1.54, 1.807) is 31.0 Å². The molecule has 0 bridgehead atoms. The average Bonchev–Trinajstić information content (AvgIpc) is 2.52. The van der Waals surface area contributed by atoms with Crippen molar-refractivity contribution in [2.24, 2.45) is 10.4 Å². The zero-order valence-electron chi connectivity index (χ0n) is 14.0. The van der Waals surface area contributed by atoms with Gasteiger partial charge in [0.1, 0.15) is 11.6 Å². The standard InChI is InChI=1S/C19H22FNOS/c1-19(2,3)18(21-16-9-7-15(20)8-10-16)23-13-14-5-11-17(22-4)12-6-14/h5-12H,13H2,1-4H3. The van der Waals surface area contributed by atoms with E-state index >= 15 is 0 Å². The maximum atomic E-state index is 13.0. The highest BCUT2D eigenvalue weighted by Crippen LogP contribution is 2.30. The summed E-state index contributed by atoms with van der Waals surface area (Å²) < 4.78 is 18.2. The molecule has 0 radical (unpaired) electrons. The Morgan fingerprint density at radius 2 is 1.65 bits per heavy atom. The van der Waals surface area contributed by atoms with E-state index in [1.807, 2.05) is 12.1 Å². The Kier molecular flexibility index (Phi) is 5.83. The van der Waals surface area contributed by atoms with Crippen molar-refractivity contribution in [1.29, 1.82) is 0 Å². The van der Waals surface area contributed by atoms with Crippen molar-refractivity contribution in [2.75, 3.05) is 7.11 Å². The second-order valence-electron chi connectivity index (χ2n) is 6.28. The number of methoxy groups -OCH3 is 1. The number of nitrogens with zero attached hydrogens (tertiary/aromatic N) is 1. The summed E-state index contributed by atoms with van der Waals surface area (Å²) in [5, 5.41) is 1.03. The van der Waals surface area contributed by atoms with Crippen LogP contribution < -0.4 is 4.74 Å². The lowest BCUT2D eigenvalue weighted by molar-refractivity contribution is 0.414. The largest absolute Gasteiger partial charge is 0.497 e. The van der Waals surface area contributed by atoms with Gasteiger partial charge in [-0.25, -0.2) is 9.38 Å². The van der Waals surface area contributed by atoms with Crippen LogP contribution in [0.2, 0.25) is 0 Å². The molecule has 0 heterocycles. The summed E-state index contributed by atoms with van der Waals surface area (Å²) >= 11 is 1.71. The number of benzene rings is 2. The Bertz CT molecular complexity index is 657. The van der Waals surface area contributed by atoms with Crippen molar-refractivity contribution in [3.05, 3.63) is 59.9 Å². The number of hydrogen-bond donors (Lipinski definition) is 0. The van der Waals surface area contributed by atoms with E-state index in [4.69, 9.17) is 9.73 Å². The van der Waals surface area contributed by atoms with Gasteiger partial charge in [0.15, 0.2) is 0 Å². The number of hydrogen-bond acceptors (Lipinski definition) is 3. The monoisotopic (exact) mass is 331 g/mol. The van der Waals surface area contributed by atoms with Crippen LogP contribution in [-0.4, -0.2) is 12.2 Å². The third-order valence-corrected chi connectivity index (χ3v) is 4.69. The smallest absolute Gasteiger partial charge is 0.123 e. The quantitative estimate of drug-likeness (QED) is 0.518. The van der Waals surface area contributed by atoms with Gasteiger partial charge in [-0.15, -0.1) is 11.8 Å². The van der Waals surface area contributed by atoms with Crippen molar-refractivity contribution in [1.82, 2.24) is 0 Å². The normalized spacial score (nSPS) is 12.3. The first-order valence-electron chi connectivity index (χ1n) is 7.49. The van der Waals surface area contributed by atoms with E-state index < -0.39 is 0 Å². The predicted octanol–water partition coefficient (Wildman–Crippen LogP) is 5.84. The Morgan fingerprint density at radius 1 is 1.04 bits per heavy atom. The number of aliphatic imine (C=N–C) groups is 1. The van der Waals surface area contributed by atoms with Crippen LogP contribution >= 0.6 is 11.8 Å². The molecule has 0 saturated heterocycles. The van der Waals surface area contributed by atoms with Gasteiger partial charge in [0.2, 0.25) is 0 Å². The third kappa shape index (κ3) is 5.39. The molecule has 0 spiro atoms. The minimum absolute atomic E-state index is 0.0640. The summed E-state index contributed by atoms with van der Waals surface area (Å²) in [6.07, 6.45) is 0. The molecule has 0 atom stereocenters. The van der Waals surface area contributed by atoms with Crippen LogP contribution in [0.4, 0.5) is 10.1 Å². The summed E-state index contributed by atoms with van der Waals surface area (Å²) in [4.78, 5) is 4.71. The van der Waals surface area contributed by atoms with Crippen molar-refractivity contribution >= 4 is 22.5 Å². The minimum atomic E-state index is -0.243. The second-order valence-corrected chi connectivity index (χ2v) is 7.24. The van der Waals surface area contributed by atoms with Gasteiger partial charge in [-0.1, -0.05) is 32.9 Å². The SMILES string of the molecule is COc1ccc(CSC(=Nc2ccc(F)cc2)C(C)(C)C)cc1. The van der Waals surface area contributed by atoms with Gasteiger partial charge >= 0.3 is 0 Å². The topological polar surface area (TPSA) is 21.6 Å². The zero-order valence-corrected chi connectivity index (χ0v) is 14.8. The number of halogens is 1. The molecular formula is C19H22FNOS. The molecule has 0 aliphatic heterocycles. The Morgan fingerprint density at radius 3 is 2.17 bits per heavy atom. The first-order valence-corrected chi connectivity index (χ1v) is 8.47. The lowest BCUT2D eigenvalue weighted by atomic mass is 9.98. The van der Waals surface area contributed by atoms with Crippen LogP contribution in [0, 0.1) is 11.2 Å². The molecule has 0 amide bonds. The highest BCUT2D eigenvalue weighted by atomic mass is 32.2. The van der Waals surface area contributed by atoms with Crippen molar-refractivity contribution in [3.63, 3.8) is 0 Å². The lowest BCUT2D eigenvalue weighted by Crippen LogP contribution is -2.17. The summed E-state index contributed by atoms with van der Waals surface area (Å²) in [6.45, 7) is 6.41. The van der Waals surface area contributed by atoms with Gasteiger partial charge < -0.3 is 4.74 Å². The van der Waals surface area contributed by atoms with Gasteiger partial charge in [0.05, 0.1) is 17.8 Å².